The Morgan fingerprint density at radius 3 is 2.87 bits per heavy atom. The topological polar surface area (TPSA) is 69.0 Å². The van der Waals surface area contributed by atoms with Gasteiger partial charge in [-0.25, -0.2) is 13.4 Å². The molecule has 8 heteroatoms. The number of fused-ring (bicyclic) bond motifs is 1. The molecule has 0 unspecified atom stereocenters. The van der Waals surface area contributed by atoms with Crippen molar-refractivity contribution in [2.24, 2.45) is 0 Å². The lowest BCUT2D eigenvalue weighted by atomic mass is 10.4. The number of thiophene rings is 1. The Labute approximate surface area is 144 Å². The summed E-state index contributed by atoms with van der Waals surface area (Å²) in [6.07, 6.45) is 2.20. The molecule has 0 saturated heterocycles. The highest BCUT2D eigenvalue weighted by Gasteiger charge is 2.16. The Hall–Kier alpha value is -1.12. The van der Waals surface area contributed by atoms with Crippen LogP contribution in [0.1, 0.15) is 20.3 Å². The zero-order valence-corrected chi connectivity index (χ0v) is 15.6. The van der Waals surface area contributed by atoms with Gasteiger partial charge in [-0.15, -0.1) is 17.9 Å². The maximum atomic E-state index is 12.5. The first-order valence-corrected chi connectivity index (χ1v) is 10.9. The summed E-state index contributed by atoms with van der Waals surface area (Å²) in [6.45, 7) is 7.46. The minimum atomic E-state index is -3.02. The van der Waals surface area contributed by atoms with E-state index >= 15 is 0 Å². The Kier molecular flexibility index (Phi) is 6.05. The van der Waals surface area contributed by atoms with Crippen molar-refractivity contribution >= 4 is 43.2 Å². The molecule has 126 valence electrons. The average molecular weight is 373 g/mol. The highest BCUT2D eigenvalue weighted by Crippen LogP contribution is 2.22. The summed E-state index contributed by atoms with van der Waals surface area (Å²) in [5, 5.41) is 2.73. The van der Waals surface area contributed by atoms with Gasteiger partial charge < -0.3 is 0 Å². The number of nitrogens with zero attached hydrogens (tertiary/aromatic N) is 2. The van der Waals surface area contributed by atoms with Crippen LogP contribution >= 0.6 is 23.1 Å². The van der Waals surface area contributed by atoms with Gasteiger partial charge in [0, 0.05) is 12.3 Å². The third-order valence-electron chi connectivity index (χ3n) is 3.38. The number of rotatable bonds is 8. The Morgan fingerprint density at radius 2 is 2.22 bits per heavy atom. The van der Waals surface area contributed by atoms with Crippen LogP contribution in [0.2, 0.25) is 0 Å². The van der Waals surface area contributed by atoms with E-state index in [9.17, 15) is 13.2 Å². The van der Waals surface area contributed by atoms with Crippen molar-refractivity contribution in [3.63, 3.8) is 0 Å². The van der Waals surface area contributed by atoms with Gasteiger partial charge in [0.05, 0.1) is 16.4 Å². The quantitative estimate of drug-likeness (QED) is 0.308. The summed E-state index contributed by atoms with van der Waals surface area (Å²) in [5.74, 6) is 0.761. The predicted molar refractivity (Wildman–Crippen MR) is 98.3 cm³/mol. The summed E-state index contributed by atoms with van der Waals surface area (Å²) < 4.78 is 25.2. The van der Waals surface area contributed by atoms with Crippen molar-refractivity contribution in [1.29, 1.82) is 0 Å². The summed E-state index contributed by atoms with van der Waals surface area (Å²) in [5.41, 5.74) is -0.0755. The fraction of sp³-hybridized carbons (Fsp3) is 0.467. The molecule has 0 N–H and O–H groups in total. The van der Waals surface area contributed by atoms with E-state index in [0.717, 1.165) is 0 Å². The normalized spacial score (nSPS) is 12.1. The van der Waals surface area contributed by atoms with E-state index in [2.05, 4.69) is 11.6 Å². The molecule has 2 rings (SSSR count). The minimum Gasteiger partial charge on any atom is -0.283 e. The minimum absolute atomic E-state index is 0.0755. The molecular weight excluding hydrogens is 352 g/mol. The zero-order valence-electron chi connectivity index (χ0n) is 13.2. The Morgan fingerprint density at radius 1 is 1.48 bits per heavy atom. The van der Waals surface area contributed by atoms with Crippen molar-refractivity contribution < 1.29 is 8.42 Å². The summed E-state index contributed by atoms with van der Waals surface area (Å²) in [7, 11) is -3.02. The number of hydrogen-bond acceptors (Lipinski definition) is 6. The lowest BCUT2D eigenvalue weighted by Gasteiger charge is -2.10. The van der Waals surface area contributed by atoms with E-state index in [1.165, 1.54) is 23.1 Å². The van der Waals surface area contributed by atoms with Crippen LogP contribution in [0, 0.1) is 0 Å². The van der Waals surface area contributed by atoms with Crippen molar-refractivity contribution in [3.8, 4) is 0 Å². The highest BCUT2D eigenvalue weighted by molar-refractivity contribution is 7.99. The monoisotopic (exact) mass is 372 g/mol. The molecule has 2 aromatic rings. The summed E-state index contributed by atoms with van der Waals surface area (Å²) in [6, 6.07) is 1.78. The van der Waals surface area contributed by atoms with Gasteiger partial charge in [-0.3, -0.25) is 9.36 Å². The standard InChI is InChI=1S/C15H20N2O3S3/c1-4-7-17-14(18)12-6-9-21-13(12)16-15(17)22-8-5-10-23(19,20)11(2)3/h4,6,9,11H,1,5,7-8,10H2,2-3H3. The average Bonchev–Trinajstić information content (AvgIpc) is 2.95. The van der Waals surface area contributed by atoms with E-state index in [1.807, 2.05) is 5.38 Å². The molecule has 0 aromatic carbocycles. The van der Waals surface area contributed by atoms with Crippen molar-refractivity contribution in [3.05, 3.63) is 34.5 Å². The fourth-order valence-corrected chi connectivity index (χ4v) is 4.94. The van der Waals surface area contributed by atoms with Crippen molar-refractivity contribution in [2.75, 3.05) is 11.5 Å². The molecule has 0 fully saturated rings. The number of thioether (sulfide) groups is 1. The molecule has 0 aliphatic heterocycles. The highest BCUT2D eigenvalue weighted by atomic mass is 32.2. The molecule has 0 bridgehead atoms. The summed E-state index contributed by atoms with van der Waals surface area (Å²) >= 11 is 2.85. The van der Waals surface area contributed by atoms with E-state index in [1.54, 1.807) is 30.6 Å². The molecule has 5 nitrogen and oxygen atoms in total. The second kappa shape index (κ2) is 7.63. The fourth-order valence-electron chi connectivity index (χ4n) is 1.99. The van der Waals surface area contributed by atoms with Crippen LogP contribution in [0.25, 0.3) is 10.2 Å². The molecule has 0 aliphatic carbocycles. The lowest BCUT2D eigenvalue weighted by Crippen LogP contribution is -2.22. The number of aromatic nitrogens is 2. The first-order valence-electron chi connectivity index (χ1n) is 7.30. The molecule has 2 heterocycles. The van der Waals surface area contributed by atoms with E-state index in [0.29, 0.717) is 34.1 Å². The molecule has 0 spiro atoms. The molecule has 0 aliphatic rings. The third-order valence-corrected chi connectivity index (χ3v) is 7.55. The first-order chi connectivity index (χ1) is 10.9. The molecule has 0 radical (unpaired) electrons. The van der Waals surface area contributed by atoms with Crippen molar-refractivity contribution in [1.82, 2.24) is 9.55 Å². The maximum Gasteiger partial charge on any atom is 0.263 e. The Balaban J connectivity index is 2.14. The van der Waals surface area contributed by atoms with Crippen LogP contribution in [0.5, 0.6) is 0 Å². The second-order valence-electron chi connectivity index (χ2n) is 5.36. The molecule has 0 saturated carbocycles. The van der Waals surface area contributed by atoms with Crippen LogP contribution in [-0.2, 0) is 16.4 Å². The number of sulfone groups is 1. The van der Waals surface area contributed by atoms with Crippen LogP contribution < -0.4 is 5.56 Å². The molecule has 0 atom stereocenters. The van der Waals surface area contributed by atoms with Gasteiger partial charge in [0.1, 0.15) is 4.83 Å². The van der Waals surface area contributed by atoms with Gasteiger partial charge in [-0.1, -0.05) is 17.8 Å². The first kappa shape index (κ1) is 18.2. The third kappa shape index (κ3) is 4.24. The number of hydrogen-bond donors (Lipinski definition) is 0. The molecule has 2 aromatic heterocycles. The molecule has 23 heavy (non-hydrogen) atoms. The second-order valence-corrected chi connectivity index (χ2v) is 9.99. The smallest absolute Gasteiger partial charge is 0.263 e. The number of allylic oxidation sites excluding steroid dienone is 1. The maximum absolute atomic E-state index is 12.5. The van der Waals surface area contributed by atoms with Gasteiger partial charge in [-0.05, 0) is 31.7 Å². The van der Waals surface area contributed by atoms with Crippen LogP contribution in [-0.4, -0.2) is 34.7 Å². The SMILES string of the molecule is C=CCn1c(SCCCS(=O)(=O)C(C)C)nc2sccc2c1=O. The van der Waals surface area contributed by atoms with Crippen LogP contribution in [0.4, 0.5) is 0 Å². The summed E-state index contributed by atoms with van der Waals surface area (Å²) in [4.78, 5) is 17.7. The van der Waals surface area contributed by atoms with Crippen LogP contribution in [0.3, 0.4) is 0 Å². The van der Waals surface area contributed by atoms with Gasteiger partial charge in [0.2, 0.25) is 0 Å². The van der Waals surface area contributed by atoms with Gasteiger partial charge >= 0.3 is 0 Å². The zero-order chi connectivity index (χ0) is 17.0. The van der Waals surface area contributed by atoms with Crippen LogP contribution in [0.15, 0.2) is 34.1 Å². The molecular formula is C15H20N2O3S3. The molecule has 0 amide bonds. The van der Waals surface area contributed by atoms with Gasteiger partial charge in [0.25, 0.3) is 5.56 Å². The van der Waals surface area contributed by atoms with E-state index in [4.69, 9.17) is 0 Å². The van der Waals surface area contributed by atoms with E-state index < -0.39 is 9.84 Å². The lowest BCUT2D eigenvalue weighted by molar-refractivity contribution is 0.586. The predicted octanol–water partition coefficient (Wildman–Crippen LogP) is 2.95. The Bertz CT molecular complexity index is 850. The van der Waals surface area contributed by atoms with Crippen molar-refractivity contribution in [2.45, 2.75) is 37.2 Å². The van der Waals surface area contributed by atoms with Gasteiger partial charge in [0.15, 0.2) is 15.0 Å². The van der Waals surface area contributed by atoms with Gasteiger partial charge in [-0.2, -0.15) is 0 Å². The largest absolute Gasteiger partial charge is 0.283 e. The van der Waals surface area contributed by atoms with E-state index in [-0.39, 0.29) is 16.6 Å².